The lowest BCUT2D eigenvalue weighted by Crippen LogP contribution is -2.48. The zero-order valence-electron chi connectivity index (χ0n) is 28.6. The highest BCUT2D eigenvalue weighted by Crippen LogP contribution is 2.39. The van der Waals surface area contributed by atoms with E-state index in [0.29, 0.717) is 26.3 Å². The van der Waals surface area contributed by atoms with E-state index in [1.54, 1.807) is 0 Å². The summed E-state index contributed by atoms with van der Waals surface area (Å²) in [6, 6.07) is 11.1. The normalized spacial score (nSPS) is 17.6. The van der Waals surface area contributed by atoms with Gasteiger partial charge in [-0.1, -0.05) is 61.0 Å². The van der Waals surface area contributed by atoms with Crippen molar-refractivity contribution < 1.29 is 44.3 Å². The third-order valence-electron chi connectivity index (χ3n) is 9.78. The smallest absolute Gasteiger partial charge is 0.379 e. The van der Waals surface area contributed by atoms with Crippen LogP contribution in [-0.4, -0.2) is 86.5 Å². The summed E-state index contributed by atoms with van der Waals surface area (Å²) in [5.41, 5.74) is -1.74. The second-order valence-electron chi connectivity index (χ2n) is 13.1. The predicted molar refractivity (Wildman–Crippen MR) is 188 cm³/mol. The first kappa shape index (κ1) is 38.9. The molecule has 8 nitrogen and oxygen atoms in total. The Morgan fingerprint density at radius 1 is 0.962 bits per heavy atom. The number of carbonyl (C=O) groups excluding carboxylic acids is 1. The SMILES string of the molecule is CCS(=O)(=O)c1cc2c(C(=O)N[C@H](c3ccccc3)C(F)(F)F)c(CN3CCC(N4CCOCC4)CC3)c(-c3cccc(C(F)(F)F)c3)nc2cc1Cl. The lowest BCUT2D eigenvalue weighted by atomic mass is 9.93. The number of carbonyl (C=O) groups is 1. The number of ether oxygens (including phenoxy) is 1. The van der Waals surface area contributed by atoms with Crippen molar-refractivity contribution in [2.45, 2.75) is 55.6 Å². The van der Waals surface area contributed by atoms with E-state index in [0.717, 1.165) is 44.1 Å². The molecule has 0 unspecified atom stereocenters. The number of amides is 1. The van der Waals surface area contributed by atoms with Crippen molar-refractivity contribution in [1.82, 2.24) is 20.1 Å². The topological polar surface area (TPSA) is 91.8 Å². The zero-order chi connectivity index (χ0) is 38.1. The van der Waals surface area contributed by atoms with Crippen molar-refractivity contribution in [3.05, 3.63) is 94.0 Å². The number of halogens is 7. The van der Waals surface area contributed by atoms with Crippen LogP contribution in [0.25, 0.3) is 22.2 Å². The summed E-state index contributed by atoms with van der Waals surface area (Å²) in [5, 5.41) is 1.75. The summed E-state index contributed by atoms with van der Waals surface area (Å²) in [6.07, 6.45) is -8.25. The lowest BCUT2D eigenvalue weighted by Gasteiger charge is -2.40. The Balaban J connectivity index is 1.56. The number of likely N-dealkylation sites (tertiary alicyclic amines) is 1. The minimum Gasteiger partial charge on any atom is -0.379 e. The van der Waals surface area contributed by atoms with Crippen LogP contribution in [0.4, 0.5) is 26.3 Å². The quantitative estimate of drug-likeness (QED) is 0.174. The molecule has 1 amide bonds. The van der Waals surface area contributed by atoms with Gasteiger partial charge in [-0.05, 0) is 55.8 Å². The number of hydrogen-bond donors (Lipinski definition) is 1. The first-order valence-corrected chi connectivity index (χ1v) is 19.1. The Bertz CT molecular complexity index is 2070. The maximum Gasteiger partial charge on any atom is 0.416 e. The van der Waals surface area contributed by atoms with Gasteiger partial charge in [0.1, 0.15) is 0 Å². The molecule has 0 bridgehead atoms. The summed E-state index contributed by atoms with van der Waals surface area (Å²) >= 11 is 6.44. The van der Waals surface area contributed by atoms with Crippen LogP contribution in [-0.2, 0) is 27.3 Å². The molecule has 16 heteroatoms. The molecule has 2 fully saturated rings. The summed E-state index contributed by atoms with van der Waals surface area (Å²) in [7, 11) is -4.01. The first-order chi connectivity index (χ1) is 25.1. The van der Waals surface area contributed by atoms with E-state index < -0.39 is 39.7 Å². The van der Waals surface area contributed by atoms with E-state index in [4.69, 9.17) is 16.3 Å². The van der Waals surface area contributed by atoms with Crippen LogP contribution in [0.1, 0.15) is 52.9 Å². The summed E-state index contributed by atoms with van der Waals surface area (Å²) in [6.45, 7) is 5.11. The molecule has 6 rings (SSSR count). The third-order valence-corrected chi connectivity index (χ3v) is 12.0. The van der Waals surface area contributed by atoms with Crippen LogP contribution in [0, 0.1) is 0 Å². The van der Waals surface area contributed by atoms with Crippen molar-refractivity contribution >= 4 is 38.2 Å². The van der Waals surface area contributed by atoms with Gasteiger partial charge in [0.2, 0.25) is 0 Å². The molecule has 53 heavy (non-hydrogen) atoms. The second-order valence-corrected chi connectivity index (χ2v) is 15.8. The van der Waals surface area contributed by atoms with E-state index >= 15 is 0 Å². The molecule has 0 spiro atoms. The Kier molecular flexibility index (Phi) is 11.4. The Morgan fingerprint density at radius 2 is 1.64 bits per heavy atom. The first-order valence-electron chi connectivity index (χ1n) is 17.1. The van der Waals surface area contributed by atoms with Gasteiger partial charge in [-0.15, -0.1) is 0 Å². The fraction of sp³-hybridized carbons (Fsp3) is 0.405. The summed E-state index contributed by atoms with van der Waals surface area (Å²) in [4.78, 5) is 23.1. The van der Waals surface area contributed by atoms with Crippen molar-refractivity contribution in [2.24, 2.45) is 0 Å². The standard InChI is InChI=1S/C37H37ClF6N4O4S/c1-2-53(50,51)31-20-27-30(21-29(31)38)45-33(24-9-6-10-25(19-24)36(39,40)41)28(22-47-13-11-26(12-14-47)48-15-17-52-18-16-48)32(27)35(49)46-34(37(42,43)44)23-7-4-3-5-8-23/h3-10,19-21,26,34H,2,11-18,22H2,1H3,(H,46,49)/t34-/m1/s1. The number of nitrogens with zero attached hydrogens (tertiary/aromatic N) is 3. The van der Waals surface area contributed by atoms with E-state index in [1.165, 1.54) is 55.5 Å². The number of hydrogen-bond acceptors (Lipinski definition) is 7. The minimum atomic E-state index is -4.95. The van der Waals surface area contributed by atoms with E-state index in [1.807, 2.05) is 4.90 Å². The van der Waals surface area contributed by atoms with Crippen molar-refractivity contribution in [1.29, 1.82) is 0 Å². The molecule has 3 heterocycles. The summed E-state index contributed by atoms with van der Waals surface area (Å²) < 4.78 is 118. The van der Waals surface area contributed by atoms with Crippen LogP contribution in [0.2, 0.25) is 5.02 Å². The van der Waals surface area contributed by atoms with Crippen molar-refractivity contribution in [3.63, 3.8) is 0 Å². The van der Waals surface area contributed by atoms with Gasteiger partial charge < -0.3 is 10.1 Å². The molecule has 284 valence electrons. The Morgan fingerprint density at radius 3 is 2.26 bits per heavy atom. The molecular formula is C37H37ClF6N4O4S. The van der Waals surface area contributed by atoms with E-state index in [9.17, 15) is 39.6 Å². The maximum absolute atomic E-state index is 14.6. The zero-order valence-corrected chi connectivity index (χ0v) is 30.2. The predicted octanol–water partition coefficient (Wildman–Crippen LogP) is 7.70. The Labute approximate surface area is 308 Å². The van der Waals surface area contributed by atoms with E-state index in [2.05, 4.69) is 15.2 Å². The second kappa shape index (κ2) is 15.5. The molecule has 0 aliphatic carbocycles. The van der Waals surface area contributed by atoms with Gasteiger partial charge in [0, 0.05) is 42.2 Å². The molecule has 2 aliphatic rings. The highest BCUT2D eigenvalue weighted by Gasteiger charge is 2.43. The number of piperidine rings is 1. The van der Waals surface area contributed by atoms with Crippen LogP contribution >= 0.6 is 11.6 Å². The highest BCUT2D eigenvalue weighted by molar-refractivity contribution is 7.91. The van der Waals surface area contributed by atoms with Crippen molar-refractivity contribution in [2.75, 3.05) is 45.1 Å². The number of sulfone groups is 1. The van der Waals surface area contributed by atoms with Crippen LogP contribution < -0.4 is 5.32 Å². The summed E-state index contributed by atoms with van der Waals surface area (Å²) in [5.74, 6) is -1.58. The van der Waals surface area contributed by atoms with E-state index in [-0.39, 0.29) is 67.1 Å². The van der Waals surface area contributed by atoms with Gasteiger partial charge in [0.15, 0.2) is 15.9 Å². The fourth-order valence-electron chi connectivity index (χ4n) is 7.00. The van der Waals surface area contributed by atoms with Gasteiger partial charge in [0.05, 0.1) is 51.2 Å². The molecule has 3 aromatic carbocycles. The number of benzene rings is 3. The fourth-order valence-corrected chi connectivity index (χ4v) is 8.48. The number of rotatable bonds is 9. The average molecular weight is 783 g/mol. The van der Waals surface area contributed by atoms with Crippen LogP contribution in [0.5, 0.6) is 0 Å². The van der Waals surface area contributed by atoms with Gasteiger partial charge in [-0.3, -0.25) is 14.6 Å². The molecule has 0 radical (unpaired) electrons. The lowest BCUT2D eigenvalue weighted by molar-refractivity contribution is -0.155. The molecule has 2 saturated heterocycles. The van der Waals surface area contributed by atoms with Gasteiger partial charge in [0.25, 0.3) is 5.91 Å². The average Bonchev–Trinajstić information content (AvgIpc) is 3.13. The number of morpholine rings is 1. The molecule has 2 aliphatic heterocycles. The largest absolute Gasteiger partial charge is 0.416 e. The third kappa shape index (κ3) is 8.64. The monoisotopic (exact) mass is 782 g/mol. The van der Waals surface area contributed by atoms with Gasteiger partial charge in [-0.2, -0.15) is 26.3 Å². The maximum atomic E-state index is 14.6. The van der Waals surface area contributed by atoms with Crippen molar-refractivity contribution in [3.8, 4) is 11.3 Å². The number of nitrogens with one attached hydrogen (secondary N) is 1. The number of aromatic nitrogens is 1. The molecule has 1 aromatic heterocycles. The molecule has 1 atom stereocenters. The highest BCUT2D eigenvalue weighted by atomic mass is 35.5. The molecule has 1 N–H and O–H groups in total. The number of fused-ring (bicyclic) bond motifs is 1. The van der Waals surface area contributed by atoms with Crippen LogP contribution in [0.3, 0.4) is 0 Å². The minimum absolute atomic E-state index is 0.0363. The van der Waals surface area contributed by atoms with Gasteiger partial charge in [-0.25, -0.2) is 13.4 Å². The molecule has 4 aromatic rings. The molecule has 0 saturated carbocycles. The number of pyridine rings is 1. The molecular weight excluding hydrogens is 746 g/mol. The van der Waals surface area contributed by atoms with Crippen LogP contribution in [0.15, 0.2) is 71.6 Å². The van der Waals surface area contributed by atoms with Gasteiger partial charge >= 0.3 is 12.4 Å². The Hall–Kier alpha value is -3.76. The number of alkyl halides is 6.